The van der Waals surface area contributed by atoms with Gasteiger partial charge in [-0.3, -0.25) is 4.79 Å². The Kier molecular flexibility index (Phi) is 4.10. The number of aromatic carboxylic acids is 1. The lowest BCUT2D eigenvalue weighted by atomic mass is 10.3. The second-order valence-corrected chi connectivity index (χ2v) is 5.34. The molecule has 2 N–H and O–H groups in total. The molecule has 0 aliphatic heterocycles. The number of hydrogen-bond donors (Lipinski definition) is 2. The predicted octanol–water partition coefficient (Wildman–Crippen LogP) is 2.84. The molecular weight excluding hydrogens is 386 g/mol. The maximum Gasteiger partial charge on any atom is 0.355 e. The fraction of sp³-hybridized carbons (Fsp3) is 0. The first-order valence-electron chi connectivity index (χ1n) is 4.93. The van der Waals surface area contributed by atoms with E-state index in [4.69, 9.17) is 5.11 Å². The van der Waals surface area contributed by atoms with Crippen LogP contribution in [0.15, 0.2) is 23.6 Å². The molecule has 0 bridgehead atoms. The van der Waals surface area contributed by atoms with Gasteiger partial charge in [0.15, 0.2) is 10.7 Å². The van der Waals surface area contributed by atoms with Crippen molar-refractivity contribution in [3.63, 3.8) is 0 Å². The zero-order chi connectivity index (χ0) is 14.0. The number of hydrogen-bond acceptors (Lipinski definition) is 4. The average Bonchev–Trinajstić information content (AvgIpc) is 2.84. The molecule has 0 spiro atoms. The van der Waals surface area contributed by atoms with Crippen LogP contribution in [0.5, 0.6) is 0 Å². The van der Waals surface area contributed by atoms with Crippen molar-refractivity contribution in [3.8, 4) is 0 Å². The Balaban J connectivity index is 2.21. The van der Waals surface area contributed by atoms with Crippen molar-refractivity contribution in [2.45, 2.75) is 0 Å². The summed E-state index contributed by atoms with van der Waals surface area (Å²) in [6.07, 6.45) is 0. The van der Waals surface area contributed by atoms with Gasteiger partial charge in [-0.05, 0) is 34.7 Å². The second-order valence-electron chi connectivity index (χ2n) is 3.40. The first kappa shape index (κ1) is 13.9. The number of carbonyl (C=O) groups excluding carboxylic acids is 1. The van der Waals surface area contributed by atoms with Crippen LogP contribution in [0.1, 0.15) is 20.3 Å². The number of amides is 1. The lowest BCUT2D eigenvalue weighted by Crippen LogP contribution is -2.13. The van der Waals surface area contributed by atoms with E-state index in [0.29, 0.717) is 5.69 Å². The van der Waals surface area contributed by atoms with Crippen LogP contribution in [-0.4, -0.2) is 22.0 Å². The van der Waals surface area contributed by atoms with Gasteiger partial charge >= 0.3 is 5.97 Å². The Morgan fingerprint density at radius 1 is 1.42 bits per heavy atom. The highest BCUT2D eigenvalue weighted by atomic mass is 127. The Morgan fingerprint density at radius 2 is 2.16 bits per heavy atom. The van der Waals surface area contributed by atoms with Crippen LogP contribution in [0.2, 0.25) is 0 Å². The number of benzene rings is 1. The Bertz CT molecular complexity index is 659. The van der Waals surface area contributed by atoms with Gasteiger partial charge in [-0.2, -0.15) is 0 Å². The number of thiazole rings is 1. The monoisotopic (exact) mass is 392 g/mol. The van der Waals surface area contributed by atoms with Gasteiger partial charge in [0.2, 0.25) is 0 Å². The van der Waals surface area contributed by atoms with Gasteiger partial charge < -0.3 is 10.4 Å². The van der Waals surface area contributed by atoms with Crippen molar-refractivity contribution >= 4 is 51.5 Å². The van der Waals surface area contributed by atoms with Crippen LogP contribution in [-0.2, 0) is 0 Å². The number of nitrogens with one attached hydrogen (secondary N) is 1. The van der Waals surface area contributed by atoms with Gasteiger partial charge in [0.1, 0.15) is 5.82 Å². The summed E-state index contributed by atoms with van der Waals surface area (Å²) in [4.78, 5) is 26.2. The SMILES string of the molecule is O=C(O)c1csc(C(=O)Nc2cccc(F)c2I)n1. The molecule has 1 aromatic heterocycles. The molecule has 0 radical (unpaired) electrons. The van der Waals surface area contributed by atoms with Crippen LogP contribution >= 0.6 is 33.9 Å². The fourth-order valence-electron chi connectivity index (χ4n) is 1.25. The molecule has 98 valence electrons. The molecule has 8 heteroatoms. The van der Waals surface area contributed by atoms with Crippen LogP contribution in [0.25, 0.3) is 0 Å². The molecule has 0 unspecified atom stereocenters. The molecule has 0 atom stereocenters. The molecule has 0 aliphatic rings. The van der Waals surface area contributed by atoms with E-state index >= 15 is 0 Å². The first-order chi connectivity index (χ1) is 8.99. The third kappa shape index (κ3) is 3.07. The van der Waals surface area contributed by atoms with E-state index in [1.165, 1.54) is 17.5 Å². The van der Waals surface area contributed by atoms with E-state index in [0.717, 1.165) is 11.3 Å². The summed E-state index contributed by atoms with van der Waals surface area (Å²) >= 11 is 2.69. The highest BCUT2D eigenvalue weighted by Crippen LogP contribution is 2.22. The number of carboxylic acids is 1. The molecule has 0 saturated heterocycles. The fourth-order valence-corrected chi connectivity index (χ4v) is 2.43. The summed E-state index contributed by atoms with van der Waals surface area (Å²) in [5.74, 6) is -2.21. The van der Waals surface area contributed by atoms with Crippen LogP contribution in [0, 0.1) is 9.39 Å². The average molecular weight is 392 g/mol. The molecule has 1 aromatic carbocycles. The minimum atomic E-state index is -1.20. The molecule has 0 saturated carbocycles. The van der Waals surface area contributed by atoms with Gasteiger partial charge in [0.05, 0.1) is 9.26 Å². The highest BCUT2D eigenvalue weighted by molar-refractivity contribution is 14.1. The Hall–Kier alpha value is -1.55. The first-order valence-corrected chi connectivity index (χ1v) is 6.89. The zero-order valence-corrected chi connectivity index (χ0v) is 12.2. The third-order valence-electron chi connectivity index (χ3n) is 2.12. The summed E-state index contributed by atoms with van der Waals surface area (Å²) in [6.45, 7) is 0. The Labute approximate surface area is 124 Å². The van der Waals surface area contributed by atoms with E-state index in [-0.39, 0.29) is 14.3 Å². The second kappa shape index (κ2) is 5.61. The van der Waals surface area contributed by atoms with Gasteiger partial charge in [-0.15, -0.1) is 11.3 Å². The van der Waals surface area contributed by atoms with Gasteiger partial charge in [-0.25, -0.2) is 14.2 Å². The molecule has 2 aromatic rings. The summed E-state index contributed by atoms with van der Waals surface area (Å²) in [6, 6.07) is 4.30. The number of anilines is 1. The van der Waals surface area contributed by atoms with Crippen molar-refractivity contribution in [1.82, 2.24) is 4.98 Å². The van der Waals surface area contributed by atoms with Crippen LogP contribution in [0.4, 0.5) is 10.1 Å². The number of halogens is 2. The van der Waals surface area contributed by atoms with E-state index < -0.39 is 17.7 Å². The predicted molar refractivity (Wildman–Crippen MR) is 76.1 cm³/mol. The molecular formula is C11H6FIN2O3S. The highest BCUT2D eigenvalue weighted by Gasteiger charge is 2.16. The number of aromatic nitrogens is 1. The van der Waals surface area contributed by atoms with Crippen LogP contribution < -0.4 is 5.32 Å². The van der Waals surface area contributed by atoms with E-state index in [1.54, 1.807) is 28.7 Å². The summed E-state index contributed by atoms with van der Waals surface area (Å²) in [7, 11) is 0. The lowest BCUT2D eigenvalue weighted by Gasteiger charge is -2.05. The minimum Gasteiger partial charge on any atom is -0.476 e. The minimum absolute atomic E-state index is 0.0115. The maximum atomic E-state index is 13.3. The third-order valence-corrected chi connectivity index (χ3v) is 4.05. The normalized spacial score (nSPS) is 10.2. The topological polar surface area (TPSA) is 79.3 Å². The summed E-state index contributed by atoms with van der Waals surface area (Å²) < 4.78 is 13.6. The number of carboxylic acid groups (broad SMARTS) is 1. The van der Waals surface area contributed by atoms with Crippen molar-refractivity contribution in [2.75, 3.05) is 5.32 Å². The van der Waals surface area contributed by atoms with Gasteiger partial charge in [0.25, 0.3) is 5.91 Å². The van der Waals surface area contributed by atoms with Crippen molar-refractivity contribution in [1.29, 1.82) is 0 Å². The van der Waals surface area contributed by atoms with E-state index in [2.05, 4.69) is 10.3 Å². The number of carbonyl (C=O) groups is 2. The van der Waals surface area contributed by atoms with Crippen molar-refractivity contribution in [3.05, 3.63) is 43.7 Å². The molecule has 1 heterocycles. The number of nitrogens with zero attached hydrogens (tertiary/aromatic N) is 1. The summed E-state index contributed by atoms with van der Waals surface area (Å²) in [5, 5.41) is 12.5. The summed E-state index contributed by atoms with van der Waals surface area (Å²) in [5.41, 5.74) is 0.127. The molecule has 0 fully saturated rings. The van der Waals surface area contributed by atoms with Crippen molar-refractivity contribution in [2.24, 2.45) is 0 Å². The zero-order valence-electron chi connectivity index (χ0n) is 9.18. The molecule has 0 aliphatic carbocycles. The largest absolute Gasteiger partial charge is 0.476 e. The van der Waals surface area contributed by atoms with Crippen LogP contribution in [0.3, 0.4) is 0 Å². The van der Waals surface area contributed by atoms with E-state index in [1.807, 2.05) is 0 Å². The van der Waals surface area contributed by atoms with Crippen molar-refractivity contribution < 1.29 is 19.1 Å². The van der Waals surface area contributed by atoms with Gasteiger partial charge in [-0.1, -0.05) is 6.07 Å². The quantitative estimate of drug-likeness (QED) is 0.788. The standard InChI is InChI=1S/C11H6FIN2O3S/c12-5-2-1-3-6(8(5)13)14-9(16)10-15-7(4-19-10)11(17)18/h1-4H,(H,14,16)(H,17,18). The lowest BCUT2D eigenvalue weighted by molar-refractivity contribution is 0.0691. The molecule has 1 amide bonds. The smallest absolute Gasteiger partial charge is 0.355 e. The van der Waals surface area contributed by atoms with Gasteiger partial charge in [0, 0.05) is 5.38 Å². The molecule has 19 heavy (non-hydrogen) atoms. The molecule has 5 nitrogen and oxygen atoms in total. The maximum absolute atomic E-state index is 13.3. The number of rotatable bonds is 3. The van der Waals surface area contributed by atoms with E-state index in [9.17, 15) is 14.0 Å². The Morgan fingerprint density at radius 3 is 2.79 bits per heavy atom. The molecule has 2 rings (SSSR count).